The summed E-state index contributed by atoms with van der Waals surface area (Å²) in [5.74, 6) is -0.381. The molecule has 23 heavy (non-hydrogen) atoms. The second kappa shape index (κ2) is 11.0. The number of hydrazine groups is 1. The summed E-state index contributed by atoms with van der Waals surface area (Å²) in [6.07, 6.45) is 4.12. The van der Waals surface area contributed by atoms with E-state index >= 15 is 0 Å². The maximum Gasteiger partial charge on any atom is 0.238 e. The molecule has 1 aromatic rings. The van der Waals surface area contributed by atoms with Crippen LogP contribution in [0, 0.1) is 0 Å². The van der Waals surface area contributed by atoms with Gasteiger partial charge in [-0.25, -0.2) is 0 Å². The second-order valence-corrected chi connectivity index (χ2v) is 5.91. The fourth-order valence-electron chi connectivity index (χ4n) is 1.89. The fraction of sp³-hybridized carbons (Fsp3) is 0.438. The van der Waals surface area contributed by atoms with Gasteiger partial charge in [0, 0.05) is 17.9 Å². The molecule has 0 aliphatic rings. The number of carbonyl (C=O) groups is 2. The monoisotopic (exact) mass is 355 g/mol. The lowest BCUT2D eigenvalue weighted by Gasteiger charge is -2.11. The second-order valence-electron chi connectivity index (χ2n) is 5.10. The first kappa shape index (κ1) is 19.4. The summed E-state index contributed by atoms with van der Waals surface area (Å²) < 4.78 is 0. The molecule has 0 atom stereocenters. The average Bonchev–Trinajstić information content (AvgIpc) is 2.52. The Morgan fingerprint density at radius 3 is 2.52 bits per heavy atom. The van der Waals surface area contributed by atoms with Gasteiger partial charge in [-0.2, -0.15) is 0 Å². The SMILES string of the molecule is CCCCCC(=O)NNC(=S)NC(=O)CCc1ccccc1Cl. The van der Waals surface area contributed by atoms with Crippen molar-refractivity contribution in [2.24, 2.45) is 0 Å². The molecule has 3 N–H and O–H groups in total. The Labute approximate surface area is 147 Å². The van der Waals surface area contributed by atoms with Gasteiger partial charge in [-0.15, -0.1) is 0 Å². The van der Waals surface area contributed by atoms with E-state index in [0.29, 0.717) is 17.9 Å². The van der Waals surface area contributed by atoms with Crippen LogP contribution in [0.2, 0.25) is 5.02 Å². The molecule has 0 heterocycles. The predicted octanol–water partition coefficient (Wildman–Crippen LogP) is 2.87. The lowest BCUT2D eigenvalue weighted by molar-refractivity contribution is -0.122. The number of hydrogen-bond acceptors (Lipinski definition) is 3. The molecular formula is C16H22ClN3O2S. The number of thiocarbonyl (C=S) groups is 1. The van der Waals surface area contributed by atoms with Gasteiger partial charge in [0.2, 0.25) is 11.8 Å². The molecule has 5 nitrogen and oxygen atoms in total. The number of benzene rings is 1. The molecule has 0 fully saturated rings. The van der Waals surface area contributed by atoms with Crippen molar-refractivity contribution in [2.75, 3.05) is 0 Å². The highest BCUT2D eigenvalue weighted by Crippen LogP contribution is 2.16. The van der Waals surface area contributed by atoms with E-state index in [2.05, 4.69) is 23.1 Å². The Kier molecular flexibility index (Phi) is 9.24. The minimum Gasteiger partial charge on any atom is -0.302 e. The minimum atomic E-state index is -0.234. The molecule has 0 saturated heterocycles. The zero-order chi connectivity index (χ0) is 17.1. The van der Waals surface area contributed by atoms with Gasteiger partial charge in [0.25, 0.3) is 0 Å². The van der Waals surface area contributed by atoms with Crippen molar-refractivity contribution in [3.8, 4) is 0 Å². The molecule has 0 radical (unpaired) electrons. The van der Waals surface area contributed by atoms with Crippen LogP contribution >= 0.6 is 23.8 Å². The van der Waals surface area contributed by atoms with Gasteiger partial charge in [0.1, 0.15) is 0 Å². The first-order chi connectivity index (χ1) is 11.0. The van der Waals surface area contributed by atoms with E-state index in [1.807, 2.05) is 18.2 Å². The van der Waals surface area contributed by atoms with E-state index < -0.39 is 0 Å². The Balaban J connectivity index is 2.22. The number of hydrogen-bond donors (Lipinski definition) is 3. The highest BCUT2D eigenvalue weighted by Gasteiger charge is 2.07. The van der Waals surface area contributed by atoms with Crippen LogP contribution in [-0.2, 0) is 16.0 Å². The number of nitrogens with one attached hydrogen (secondary N) is 3. The first-order valence-electron chi connectivity index (χ1n) is 7.65. The van der Waals surface area contributed by atoms with Crippen molar-refractivity contribution >= 4 is 40.7 Å². The van der Waals surface area contributed by atoms with Crippen LogP contribution < -0.4 is 16.2 Å². The smallest absolute Gasteiger partial charge is 0.238 e. The van der Waals surface area contributed by atoms with Crippen molar-refractivity contribution < 1.29 is 9.59 Å². The minimum absolute atomic E-state index is 0.0815. The highest BCUT2D eigenvalue weighted by molar-refractivity contribution is 7.80. The molecule has 1 aromatic carbocycles. The van der Waals surface area contributed by atoms with E-state index in [1.165, 1.54) is 0 Å². The quantitative estimate of drug-likeness (QED) is 0.399. The van der Waals surface area contributed by atoms with Crippen LogP contribution in [0.4, 0.5) is 0 Å². The van der Waals surface area contributed by atoms with Gasteiger partial charge >= 0.3 is 0 Å². The summed E-state index contributed by atoms with van der Waals surface area (Å²) >= 11 is 11.0. The molecule has 1 rings (SSSR count). The Morgan fingerprint density at radius 2 is 1.83 bits per heavy atom. The largest absolute Gasteiger partial charge is 0.302 e. The Morgan fingerprint density at radius 1 is 1.09 bits per heavy atom. The normalized spacial score (nSPS) is 10.0. The van der Waals surface area contributed by atoms with Gasteiger partial charge in [-0.1, -0.05) is 49.6 Å². The third-order valence-corrected chi connectivity index (χ3v) is 3.73. The van der Waals surface area contributed by atoms with E-state index in [0.717, 1.165) is 24.8 Å². The topological polar surface area (TPSA) is 70.2 Å². The summed E-state index contributed by atoms with van der Waals surface area (Å²) in [4.78, 5) is 23.3. The van der Waals surface area contributed by atoms with Crippen molar-refractivity contribution in [3.63, 3.8) is 0 Å². The molecule has 0 aromatic heterocycles. The van der Waals surface area contributed by atoms with Crippen LogP contribution in [0.3, 0.4) is 0 Å². The molecule has 126 valence electrons. The number of carbonyl (C=O) groups excluding carboxylic acids is 2. The van der Waals surface area contributed by atoms with Crippen molar-refractivity contribution in [1.29, 1.82) is 0 Å². The molecular weight excluding hydrogens is 334 g/mol. The van der Waals surface area contributed by atoms with Crippen LogP contribution in [0.5, 0.6) is 0 Å². The summed E-state index contributed by atoms with van der Waals surface area (Å²) in [5, 5.41) is 3.24. The maximum absolute atomic E-state index is 11.8. The van der Waals surface area contributed by atoms with E-state index in [9.17, 15) is 9.59 Å². The Hall–Kier alpha value is -1.66. The number of rotatable bonds is 7. The standard InChI is InChI=1S/C16H22ClN3O2S/c1-2-3-4-9-15(22)19-20-16(23)18-14(21)11-10-12-7-5-6-8-13(12)17/h5-8H,2-4,9-11H2,1H3,(H,19,22)(H2,18,20,21,23). The third kappa shape index (κ3) is 8.52. The summed E-state index contributed by atoms with van der Waals surface area (Å²) in [7, 11) is 0. The maximum atomic E-state index is 11.8. The molecule has 0 spiro atoms. The number of unbranched alkanes of at least 4 members (excludes halogenated alkanes) is 2. The van der Waals surface area contributed by atoms with Gasteiger partial charge < -0.3 is 5.32 Å². The van der Waals surface area contributed by atoms with Gasteiger partial charge in [0.05, 0.1) is 0 Å². The van der Waals surface area contributed by atoms with E-state index in [1.54, 1.807) is 6.07 Å². The highest BCUT2D eigenvalue weighted by atomic mass is 35.5. The van der Waals surface area contributed by atoms with Crippen molar-refractivity contribution in [1.82, 2.24) is 16.2 Å². The average molecular weight is 356 g/mol. The van der Waals surface area contributed by atoms with Gasteiger partial charge in [-0.3, -0.25) is 20.4 Å². The Bertz CT molecular complexity index is 552. The van der Waals surface area contributed by atoms with Crippen molar-refractivity contribution in [2.45, 2.75) is 45.4 Å². The van der Waals surface area contributed by atoms with E-state index in [-0.39, 0.29) is 23.3 Å². The molecule has 0 saturated carbocycles. The van der Waals surface area contributed by atoms with Crippen LogP contribution in [0.15, 0.2) is 24.3 Å². The predicted molar refractivity (Wildman–Crippen MR) is 95.9 cm³/mol. The lowest BCUT2D eigenvalue weighted by Crippen LogP contribution is -2.48. The fourth-order valence-corrected chi connectivity index (χ4v) is 2.29. The van der Waals surface area contributed by atoms with Crippen LogP contribution in [-0.4, -0.2) is 16.9 Å². The first-order valence-corrected chi connectivity index (χ1v) is 8.43. The third-order valence-electron chi connectivity index (χ3n) is 3.16. The number of aryl methyl sites for hydroxylation is 1. The van der Waals surface area contributed by atoms with Crippen molar-refractivity contribution in [3.05, 3.63) is 34.9 Å². The summed E-state index contributed by atoms with van der Waals surface area (Å²) in [6.45, 7) is 2.07. The van der Waals surface area contributed by atoms with Gasteiger partial charge in [0.15, 0.2) is 5.11 Å². The molecule has 2 amide bonds. The van der Waals surface area contributed by atoms with Gasteiger partial charge in [-0.05, 0) is 36.7 Å². The van der Waals surface area contributed by atoms with E-state index in [4.69, 9.17) is 23.8 Å². The van der Waals surface area contributed by atoms with Crippen LogP contribution in [0.1, 0.15) is 44.6 Å². The zero-order valence-electron chi connectivity index (χ0n) is 13.2. The number of halogens is 1. The molecule has 7 heteroatoms. The molecule has 0 bridgehead atoms. The number of amides is 2. The van der Waals surface area contributed by atoms with Crippen LogP contribution in [0.25, 0.3) is 0 Å². The molecule has 0 aliphatic carbocycles. The summed E-state index contributed by atoms with van der Waals surface area (Å²) in [6, 6.07) is 7.38. The molecule has 0 unspecified atom stereocenters. The zero-order valence-corrected chi connectivity index (χ0v) is 14.7. The lowest BCUT2D eigenvalue weighted by atomic mass is 10.1. The molecule has 0 aliphatic heterocycles. The summed E-state index contributed by atoms with van der Waals surface area (Å²) in [5.41, 5.74) is 5.90.